The van der Waals surface area contributed by atoms with Crippen LogP contribution in [0.3, 0.4) is 0 Å². The van der Waals surface area contributed by atoms with Crippen molar-refractivity contribution in [2.75, 3.05) is 16.8 Å². The Morgan fingerprint density at radius 1 is 0.246 bits per heavy atom. The molecule has 0 atom stereocenters. The number of pyridine rings is 6. The van der Waals surface area contributed by atoms with E-state index >= 15 is 0 Å². The fourth-order valence-electron chi connectivity index (χ4n) is 14.5. The van der Waals surface area contributed by atoms with Gasteiger partial charge in [-0.15, -0.1) is 0 Å². The van der Waals surface area contributed by atoms with E-state index < -0.39 is 0 Å². The number of anilines is 4. The topological polar surface area (TPSA) is 151 Å². The first-order valence-corrected chi connectivity index (χ1v) is 48.9. The van der Waals surface area contributed by atoms with Crippen molar-refractivity contribution < 1.29 is 0 Å². The van der Waals surface area contributed by atoms with E-state index in [1.807, 2.05) is 298 Å². The monoisotopic (exact) mass is 2170 g/mol. The molecule has 138 heavy (non-hydrogen) atoms. The summed E-state index contributed by atoms with van der Waals surface area (Å²) in [6, 6.07) is 163. The predicted molar refractivity (Wildman–Crippen MR) is 597 cm³/mol. The van der Waals surface area contributed by atoms with Crippen molar-refractivity contribution in [1.82, 2.24) is 39.0 Å². The first kappa shape index (κ1) is 98.9. The van der Waals surface area contributed by atoms with Crippen LogP contribution in [-0.4, -0.2) is 39.0 Å². The third kappa shape index (κ3) is 30.2. The molecule has 14 aromatic carbocycles. The van der Waals surface area contributed by atoms with Crippen LogP contribution in [0.4, 0.5) is 22.9 Å². The summed E-state index contributed by atoms with van der Waals surface area (Å²) in [4.78, 5) is 26.0. The highest BCUT2D eigenvalue weighted by Crippen LogP contribution is 2.45. The van der Waals surface area contributed by atoms with Crippen molar-refractivity contribution in [1.29, 1.82) is 0 Å². The molecular formula is C121H93Br6N11. The summed E-state index contributed by atoms with van der Waals surface area (Å²) in [5.74, 6) is 8.61. The Bertz CT molecular complexity index is 7180. The fourth-order valence-corrected chi connectivity index (χ4v) is 17.1. The Hall–Kier alpha value is -15.1. The minimum atomic E-state index is 0.572. The lowest BCUT2D eigenvalue weighted by Gasteiger charge is -2.12. The number of hydrogen-bond donors (Lipinski definition) is 3. The molecule has 5 N–H and O–H groups in total. The maximum Gasteiger partial charge on any atom is 0.137 e. The van der Waals surface area contributed by atoms with Crippen LogP contribution in [0, 0.1) is 11.8 Å². The molecule has 0 aliphatic heterocycles. The van der Waals surface area contributed by atoms with Gasteiger partial charge in [-0.1, -0.05) is 393 Å². The molecule has 22 aromatic rings. The lowest BCUT2D eigenvalue weighted by atomic mass is 9.98. The molecule has 0 amide bonds. The van der Waals surface area contributed by atoms with Crippen molar-refractivity contribution in [2.24, 2.45) is 0 Å². The number of hydrogen-bond acceptors (Lipinski definition) is 9. The van der Waals surface area contributed by atoms with Crippen LogP contribution in [-0.2, 0) is 6.42 Å². The van der Waals surface area contributed by atoms with Crippen molar-refractivity contribution in [3.63, 3.8) is 0 Å². The molecule has 0 saturated carbocycles. The Kier molecular flexibility index (Phi) is 38.2. The number of nitrogens with two attached hydrogens (primary N) is 2. The molecule has 8 heterocycles. The lowest BCUT2D eigenvalue weighted by molar-refractivity contribution is 1.05. The number of nitrogens with one attached hydrogen (secondary N) is 1. The van der Waals surface area contributed by atoms with Gasteiger partial charge in [-0.25, -0.2) is 15.0 Å². The summed E-state index contributed by atoms with van der Waals surface area (Å²) in [5.41, 5.74) is 34.0. The maximum absolute atomic E-state index is 5.36. The highest BCUT2D eigenvalue weighted by Gasteiger charge is 2.24. The fraction of sp³-hybridized carbons (Fsp3) is 0.00826. The molecule has 17 heteroatoms. The Morgan fingerprint density at radius 3 is 0.957 bits per heavy atom. The molecule has 0 unspecified atom stereocenters. The van der Waals surface area contributed by atoms with Crippen LogP contribution in [0.25, 0.3) is 101 Å². The van der Waals surface area contributed by atoms with Gasteiger partial charge in [-0.05, 0) is 228 Å². The third-order valence-electron chi connectivity index (χ3n) is 20.7. The number of halogens is 6. The van der Waals surface area contributed by atoms with E-state index in [9.17, 15) is 0 Å². The molecule has 674 valence electrons. The molecule has 0 radical (unpaired) electrons. The summed E-state index contributed by atoms with van der Waals surface area (Å²) in [5, 5.41) is 5.80. The summed E-state index contributed by atoms with van der Waals surface area (Å²) >= 11 is 20.9. The van der Waals surface area contributed by atoms with Crippen LogP contribution < -0.4 is 16.8 Å². The summed E-state index contributed by atoms with van der Waals surface area (Å²) in [6.07, 6.45) is 11.7. The predicted octanol–water partition coefficient (Wildman–Crippen LogP) is 33.9. The van der Waals surface area contributed by atoms with Gasteiger partial charge in [0.15, 0.2) is 0 Å². The summed E-state index contributed by atoms with van der Waals surface area (Å²) in [7, 11) is 0. The van der Waals surface area contributed by atoms with E-state index in [4.69, 9.17) is 11.5 Å². The molecule has 22 rings (SSSR count). The van der Waals surface area contributed by atoms with Crippen molar-refractivity contribution in [3.05, 3.63) is 572 Å². The van der Waals surface area contributed by atoms with Gasteiger partial charge >= 0.3 is 0 Å². The number of benzene rings is 14. The molecule has 0 bridgehead atoms. The number of nitrogens with zero attached hydrogens (tertiary/aromatic N) is 8. The van der Waals surface area contributed by atoms with Crippen LogP contribution in [0.2, 0.25) is 0 Å². The van der Waals surface area contributed by atoms with Crippen molar-refractivity contribution in [2.45, 2.75) is 6.42 Å². The van der Waals surface area contributed by atoms with Crippen molar-refractivity contribution in [3.8, 4) is 90.8 Å². The number of para-hydroxylation sites is 2. The van der Waals surface area contributed by atoms with Crippen molar-refractivity contribution >= 4 is 140 Å². The van der Waals surface area contributed by atoms with Gasteiger partial charge in [0.05, 0.1) is 33.8 Å². The van der Waals surface area contributed by atoms with Crippen LogP contribution in [0.5, 0.6) is 0 Å². The highest BCUT2D eigenvalue weighted by molar-refractivity contribution is 9.11. The quantitative estimate of drug-likeness (QED) is 0.0802. The van der Waals surface area contributed by atoms with E-state index in [0.29, 0.717) is 5.82 Å². The summed E-state index contributed by atoms with van der Waals surface area (Å²) in [6.45, 7) is 0. The third-order valence-corrected chi connectivity index (χ3v) is 23.6. The molecule has 0 spiro atoms. The van der Waals surface area contributed by atoms with Gasteiger partial charge in [0.25, 0.3) is 0 Å². The Labute approximate surface area is 857 Å². The van der Waals surface area contributed by atoms with E-state index in [-0.39, 0.29) is 0 Å². The minimum Gasteiger partial charge on any atom is -0.399 e. The van der Waals surface area contributed by atoms with Gasteiger partial charge in [-0.3, -0.25) is 24.1 Å². The normalized spacial score (nSPS) is 10.1. The number of aromatic nitrogens is 8. The zero-order valence-electron chi connectivity index (χ0n) is 74.9. The van der Waals surface area contributed by atoms with Gasteiger partial charge in [-0.2, -0.15) is 0 Å². The summed E-state index contributed by atoms with van der Waals surface area (Å²) < 4.78 is 11.0. The van der Waals surface area contributed by atoms with Crippen LogP contribution in [0.1, 0.15) is 22.4 Å². The average Bonchev–Trinajstić information content (AvgIpc) is 1.58. The first-order chi connectivity index (χ1) is 67.8. The second-order valence-electron chi connectivity index (χ2n) is 30.5. The second-order valence-corrected chi connectivity index (χ2v) is 36.0. The van der Waals surface area contributed by atoms with E-state index in [2.05, 4.69) is 358 Å². The molecule has 8 aromatic heterocycles. The van der Waals surface area contributed by atoms with Crippen LogP contribution in [0.15, 0.2) is 549 Å². The maximum atomic E-state index is 5.36. The van der Waals surface area contributed by atoms with Gasteiger partial charge in [0.2, 0.25) is 0 Å². The zero-order valence-corrected chi connectivity index (χ0v) is 84.4. The van der Waals surface area contributed by atoms with Gasteiger partial charge in [0.1, 0.15) is 17.5 Å². The zero-order chi connectivity index (χ0) is 95.5. The van der Waals surface area contributed by atoms with Gasteiger partial charge < -0.3 is 16.8 Å². The SMILES string of the molecule is Brc1ccc2c(-c3ccccc3)c(-c3ccccc3)n(-c3ccccn3)c2c1.Brc1ccc2c(-c3ccccc3)c(-c3ccccc3)n(-c3ccccn3)c2c1.Brc1cccc(-c2ccccn2)c1.Brc1cccc(Br)c1.Brc1cccc(Cc2ccccn2)c1.C(#Cc1ccccc1)c1ccccc1.Nc1ccccc1.Nc1ccccn1.c1ccc(Nc2cccc(-c3ccccn3)c2)cc1. The number of fused-ring (bicyclic) bond motifs is 2. The smallest absolute Gasteiger partial charge is 0.137 e. The van der Waals surface area contributed by atoms with E-state index in [1.165, 1.54) is 49.7 Å². The second kappa shape index (κ2) is 53.3. The molecule has 11 nitrogen and oxygen atoms in total. The minimum absolute atomic E-state index is 0.572. The molecule has 0 saturated heterocycles. The lowest BCUT2D eigenvalue weighted by Crippen LogP contribution is -1.99. The molecular weight excluding hydrogens is 2090 g/mol. The Morgan fingerprint density at radius 2 is 0.587 bits per heavy atom. The Balaban J connectivity index is 0.000000129. The number of rotatable bonds is 12. The average molecular weight is 2180 g/mol. The standard InChI is InChI=1S/2C25H17BrN2.C17H14N2.C14H10.C12H10BrN.C11H8BrN.C6H4Br2.C6H7N.C5H6N2/c2*26-20-14-15-21-22(17-20)28(23-13-7-8-16-27-23)25(19-11-5-2-6-12-19)24(21)18-9-3-1-4-10-18;1-2-8-15(9-3-1)19-16-10-6-7-14(13-16)17-11-4-5-12-18-17;1-3-7-13(8-4-1)11-12-14-9-5-2-6-10-14;13-11-5-3-4-10(8-11)9-12-6-1-2-7-14-12;12-10-5-3-4-9(8-10)11-6-1-2-7-13-11;7-5-2-1-3-6(8)4-5;7-6-4-2-1-3-5-6;6-5-3-1-2-4-7-5/h2*1-17H;1-13,19H;1-10H;1-8H,9H2;1-8H;1-4H;1-5H,7H2;1-4H,(H2,6,7). The van der Waals surface area contributed by atoms with E-state index in [0.717, 1.165) is 124 Å². The molecule has 0 fully saturated rings. The van der Waals surface area contributed by atoms with Crippen LogP contribution >= 0.6 is 95.6 Å². The first-order valence-electron chi connectivity index (χ1n) is 44.2. The largest absolute Gasteiger partial charge is 0.399 e. The van der Waals surface area contributed by atoms with Gasteiger partial charge in [0, 0.05) is 137 Å². The molecule has 0 aliphatic rings. The number of nitrogen functional groups attached to an aromatic ring is 2. The van der Waals surface area contributed by atoms with E-state index in [1.54, 1.807) is 18.5 Å². The molecule has 0 aliphatic carbocycles. The highest BCUT2D eigenvalue weighted by atomic mass is 79.9.